The number of amides is 1. The van der Waals surface area contributed by atoms with Gasteiger partial charge < -0.3 is 10.2 Å². The van der Waals surface area contributed by atoms with Gasteiger partial charge >= 0.3 is 0 Å². The Kier molecular flexibility index (Phi) is 4.36. The normalized spacial score (nSPS) is 26.1. The third kappa shape index (κ3) is 2.56. The van der Waals surface area contributed by atoms with E-state index in [0.717, 1.165) is 22.4 Å². The van der Waals surface area contributed by atoms with Crippen LogP contribution in [-0.4, -0.2) is 34.5 Å². The second-order valence-electron chi connectivity index (χ2n) is 9.28. The Morgan fingerprint density at radius 2 is 1.82 bits per heavy atom. The lowest BCUT2D eigenvalue weighted by atomic mass is 9.64. The highest BCUT2D eigenvalue weighted by molar-refractivity contribution is 6.16. The van der Waals surface area contributed by atoms with Gasteiger partial charge in [0, 0.05) is 29.3 Å². The van der Waals surface area contributed by atoms with E-state index in [1.165, 1.54) is 6.92 Å². The van der Waals surface area contributed by atoms with Gasteiger partial charge in [-0.1, -0.05) is 42.0 Å². The number of para-hydroxylation sites is 1. The average Bonchev–Trinajstić information content (AvgIpc) is 3.32. The van der Waals surface area contributed by atoms with Gasteiger partial charge in [0.2, 0.25) is 5.91 Å². The number of anilines is 2. The summed E-state index contributed by atoms with van der Waals surface area (Å²) < 4.78 is 0. The molecule has 1 spiro atoms. The van der Waals surface area contributed by atoms with Crippen molar-refractivity contribution in [3.8, 4) is 0 Å². The Bertz CT molecular complexity index is 1400. The molecule has 4 atom stereocenters. The van der Waals surface area contributed by atoms with Crippen LogP contribution < -0.4 is 10.2 Å². The van der Waals surface area contributed by atoms with Crippen LogP contribution in [0, 0.1) is 12.8 Å². The van der Waals surface area contributed by atoms with Crippen molar-refractivity contribution in [3.63, 3.8) is 0 Å². The first-order valence-electron chi connectivity index (χ1n) is 11.4. The zero-order valence-corrected chi connectivity index (χ0v) is 18.9. The first-order chi connectivity index (χ1) is 16.4. The average molecular weight is 450 g/mol. The summed E-state index contributed by atoms with van der Waals surface area (Å²) in [5.74, 6) is -1.53. The molecular formula is C28H23N3O3. The molecule has 3 aliphatic heterocycles. The molecule has 3 aliphatic rings. The molecule has 6 nitrogen and oxygen atoms in total. The van der Waals surface area contributed by atoms with Crippen LogP contribution in [0.4, 0.5) is 11.4 Å². The molecule has 6 rings (SSSR count). The fourth-order valence-corrected chi connectivity index (χ4v) is 6.15. The molecule has 6 heteroatoms. The number of carbonyl (C=O) groups is 3. The van der Waals surface area contributed by atoms with E-state index in [2.05, 4.69) is 16.4 Å². The summed E-state index contributed by atoms with van der Waals surface area (Å²) >= 11 is 0. The smallest absolute Gasteiger partial charge is 0.238 e. The number of pyridine rings is 1. The zero-order valence-electron chi connectivity index (χ0n) is 18.9. The van der Waals surface area contributed by atoms with Gasteiger partial charge in [-0.2, -0.15) is 0 Å². The molecule has 1 saturated heterocycles. The van der Waals surface area contributed by atoms with Crippen molar-refractivity contribution in [2.45, 2.75) is 31.3 Å². The summed E-state index contributed by atoms with van der Waals surface area (Å²) in [6, 6.07) is 15.6. The van der Waals surface area contributed by atoms with Crippen molar-refractivity contribution >= 4 is 34.9 Å². The quantitative estimate of drug-likeness (QED) is 0.613. The van der Waals surface area contributed by atoms with Crippen LogP contribution in [0.25, 0.3) is 6.08 Å². The van der Waals surface area contributed by atoms with E-state index in [1.807, 2.05) is 60.4 Å². The lowest BCUT2D eigenvalue weighted by Gasteiger charge is -2.37. The first-order valence-corrected chi connectivity index (χ1v) is 11.4. The Hall–Kier alpha value is -4.06. The SMILES string of the molecule is CC(=O)[C@@H]1[C@@H](C(=O)c2ccncc2)[C@@]2(C(=O)Nc3ccccc32)[C@@H]2C=Cc3cc(C)ccc3N12. The second kappa shape index (κ2) is 7.22. The number of benzene rings is 2. The van der Waals surface area contributed by atoms with Gasteiger partial charge in [-0.15, -0.1) is 0 Å². The Morgan fingerprint density at radius 1 is 1.06 bits per heavy atom. The molecular weight excluding hydrogens is 426 g/mol. The topological polar surface area (TPSA) is 79.4 Å². The molecule has 0 radical (unpaired) electrons. The number of aromatic nitrogens is 1. The highest BCUT2D eigenvalue weighted by atomic mass is 16.2. The third-order valence-corrected chi connectivity index (χ3v) is 7.45. The minimum absolute atomic E-state index is 0.145. The number of nitrogens with zero attached hydrogens (tertiary/aromatic N) is 2. The maximum atomic E-state index is 14.2. The molecule has 0 saturated carbocycles. The molecule has 3 aromatic rings. The molecule has 0 aliphatic carbocycles. The van der Waals surface area contributed by atoms with Crippen molar-refractivity contribution in [1.29, 1.82) is 0 Å². The van der Waals surface area contributed by atoms with Gasteiger partial charge in [-0.25, -0.2) is 0 Å². The maximum absolute atomic E-state index is 14.2. The van der Waals surface area contributed by atoms with E-state index < -0.39 is 23.4 Å². The molecule has 0 bridgehead atoms. The predicted octanol–water partition coefficient (Wildman–Crippen LogP) is 3.95. The number of fused-ring (bicyclic) bond motifs is 6. The number of Topliss-reactive ketones (excluding diaryl/α,β-unsaturated/α-hetero) is 2. The van der Waals surface area contributed by atoms with Crippen LogP contribution in [0.15, 0.2) is 73.1 Å². The maximum Gasteiger partial charge on any atom is 0.238 e. The van der Waals surface area contributed by atoms with Gasteiger partial charge in [0.1, 0.15) is 5.41 Å². The molecule has 1 N–H and O–H groups in total. The summed E-state index contributed by atoms with van der Waals surface area (Å²) in [7, 11) is 0. The lowest BCUT2D eigenvalue weighted by molar-refractivity contribution is -0.122. The van der Waals surface area contributed by atoms with E-state index in [0.29, 0.717) is 11.3 Å². The molecule has 168 valence electrons. The number of carbonyl (C=O) groups excluding carboxylic acids is 3. The number of hydrogen-bond donors (Lipinski definition) is 1. The van der Waals surface area contributed by atoms with Crippen molar-refractivity contribution in [1.82, 2.24) is 4.98 Å². The van der Waals surface area contributed by atoms with Crippen LogP contribution >= 0.6 is 0 Å². The van der Waals surface area contributed by atoms with Gasteiger partial charge in [0.15, 0.2) is 11.6 Å². The first kappa shape index (κ1) is 20.5. The Morgan fingerprint density at radius 3 is 2.59 bits per heavy atom. The van der Waals surface area contributed by atoms with Crippen LogP contribution in [0.2, 0.25) is 0 Å². The predicted molar refractivity (Wildman–Crippen MR) is 130 cm³/mol. The highest BCUT2D eigenvalue weighted by Gasteiger charge is 2.69. The Labute approximate surface area is 197 Å². The lowest BCUT2D eigenvalue weighted by Crippen LogP contribution is -2.51. The van der Waals surface area contributed by atoms with Gasteiger partial charge in [0.05, 0.1) is 18.0 Å². The van der Waals surface area contributed by atoms with E-state index in [-0.39, 0.29) is 17.5 Å². The van der Waals surface area contributed by atoms with E-state index in [9.17, 15) is 14.4 Å². The molecule has 34 heavy (non-hydrogen) atoms. The van der Waals surface area contributed by atoms with E-state index >= 15 is 0 Å². The van der Waals surface area contributed by atoms with Crippen LogP contribution in [0.1, 0.15) is 34.0 Å². The summed E-state index contributed by atoms with van der Waals surface area (Å²) in [5, 5.41) is 3.02. The molecule has 1 fully saturated rings. The second-order valence-corrected chi connectivity index (χ2v) is 9.28. The number of hydrogen-bond acceptors (Lipinski definition) is 5. The number of aryl methyl sites for hydroxylation is 1. The van der Waals surface area contributed by atoms with Crippen molar-refractivity contribution in [3.05, 3.63) is 95.3 Å². The summed E-state index contributed by atoms with van der Waals surface area (Å²) in [5.41, 5.74) is 3.57. The molecule has 0 unspecified atom stereocenters. The fraction of sp³-hybridized carbons (Fsp3) is 0.214. The van der Waals surface area contributed by atoms with Crippen LogP contribution in [0.5, 0.6) is 0 Å². The molecule has 4 heterocycles. The minimum atomic E-state index is -1.24. The minimum Gasteiger partial charge on any atom is -0.352 e. The number of ketones is 2. The third-order valence-electron chi connectivity index (χ3n) is 7.45. The fourth-order valence-electron chi connectivity index (χ4n) is 6.15. The van der Waals surface area contributed by atoms with Crippen molar-refractivity contribution < 1.29 is 14.4 Å². The monoisotopic (exact) mass is 449 g/mol. The number of rotatable bonds is 3. The zero-order chi connectivity index (χ0) is 23.6. The van der Waals surface area contributed by atoms with Crippen molar-refractivity contribution in [2.24, 2.45) is 5.92 Å². The molecule has 2 aromatic carbocycles. The van der Waals surface area contributed by atoms with E-state index in [4.69, 9.17) is 0 Å². The molecule has 1 amide bonds. The van der Waals surface area contributed by atoms with Crippen LogP contribution in [-0.2, 0) is 15.0 Å². The van der Waals surface area contributed by atoms with Gasteiger partial charge in [-0.3, -0.25) is 19.4 Å². The van der Waals surface area contributed by atoms with Gasteiger partial charge in [0.25, 0.3) is 0 Å². The van der Waals surface area contributed by atoms with Crippen molar-refractivity contribution in [2.75, 3.05) is 10.2 Å². The number of nitrogens with one attached hydrogen (secondary N) is 1. The molecule has 1 aromatic heterocycles. The van der Waals surface area contributed by atoms with Crippen LogP contribution in [0.3, 0.4) is 0 Å². The van der Waals surface area contributed by atoms with E-state index in [1.54, 1.807) is 24.5 Å². The largest absolute Gasteiger partial charge is 0.352 e. The summed E-state index contributed by atoms with van der Waals surface area (Å²) in [6.07, 6.45) is 7.12. The summed E-state index contributed by atoms with van der Waals surface area (Å²) in [4.78, 5) is 47.5. The Balaban J connectivity index is 1.67. The summed E-state index contributed by atoms with van der Waals surface area (Å²) in [6.45, 7) is 3.53. The highest BCUT2D eigenvalue weighted by Crippen LogP contribution is 2.57. The van der Waals surface area contributed by atoms with Gasteiger partial charge in [-0.05, 0) is 55.3 Å². The standard InChI is InChI=1S/C28H23N3O3/c1-16-7-9-22-19(15-16)8-10-23-28(20-5-3-4-6-21(20)30-27(28)34)24(25(17(2)32)31(22)23)26(33)18-11-13-29-14-12-18/h3-15,23-25H,1-2H3,(H,30,34)/t23-,24-,25+,28-/m0/s1.